The molecule has 5 heteroatoms. The average Bonchev–Trinajstić information content (AvgIpc) is 2.60. The van der Waals surface area contributed by atoms with Crippen molar-refractivity contribution in [2.24, 2.45) is 17.8 Å². The predicted molar refractivity (Wildman–Crippen MR) is 97.2 cm³/mol. The quantitative estimate of drug-likeness (QED) is 0.501. The summed E-state index contributed by atoms with van der Waals surface area (Å²) in [6.45, 7) is 2.34. The van der Waals surface area contributed by atoms with Crippen LogP contribution in [-0.4, -0.2) is 6.36 Å². The maximum Gasteiger partial charge on any atom is 0.573 e. The van der Waals surface area contributed by atoms with Crippen molar-refractivity contribution in [2.45, 2.75) is 57.7 Å². The van der Waals surface area contributed by atoms with Gasteiger partial charge in [0.1, 0.15) is 0 Å². The van der Waals surface area contributed by atoms with Gasteiger partial charge in [0.2, 0.25) is 0 Å². The van der Waals surface area contributed by atoms with E-state index in [2.05, 4.69) is 11.7 Å². The summed E-state index contributed by atoms with van der Waals surface area (Å²) in [5.41, 5.74) is 1.17. The van der Waals surface area contributed by atoms with Gasteiger partial charge in [-0.05, 0) is 84.2 Å². The number of fused-ring (bicyclic) bond motifs is 2. The smallest absolute Gasteiger partial charge is 0.403 e. The summed E-state index contributed by atoms with van der Waals surface area (Å²) in [5.74, 6) is 1.14. The molecule has 0 aliphatic heterocycles. The summed E-state index contributed by atoms with van der Waals surface area (Å²) in [5, 5.41) is 1.18. The third-order valence-electron chi connectivity index (χ3n) is 6.49. The topological polar surface area (TPSA) is 9.23 Å². The van der Waals surface area contributed by atoms with Crippen LogP contribution in [0.15, 0.2) is 30.3 Å². The van der Waals surface area contributed by atoms with Crippen LogP contribution in [0.4, 0.5) is 17.6 Å². The lowest BCUT2D eigenvalue weighted by molar-refractivity contribution is -0.275. The maximum absolute atomic E-state index is 14.1. The van der Waals surface area contributed by atoms with Crippen LogP contribution in [0.3, 0.4) is 0 Å². The van der Waals surface area contributed by atoms with Gasteiger partial charge in [0, 0.05) is 0 Å². The number of alkyl halides is 3. The molecule has 4 unspecified atom stereocenters. The van der Waals surface area contributed by atoms with E-state index in [0.29, 0.717) is 16.7 Å². The Hall–Kier alpha value is -1.78. The van der Waals surface area contributed by atoms with Gasteiger partial charge in [0.15, 0.2) is 11.6 Å². The molecule has 0 bridgehead atoms. The summed E-state index contributed by atoms with van der Waals surface area (Å²) in [7, 11) is 0. The summed E-state index contributed by atoms with van der Waals surface area (Å²) in [4.78, 5) is 0. The number of benzene rings is 2. The highest BCUT2D eigenvalue weighted by Crippen LogP contribution is 2.47. The molecular weight excluding hydrogens is 356 g/mol. The number of rotatable bonds is 2. The van der Waals surface area contributed by atoms with Crippen molar-refractivity contribution in [2.75, 3.05) is 0 Å². The van der Waals surface area contributed by atoms with Crippen molar-refractivity contribution >= 4 is 10.8 Å². The van der Waals surface area contributed by atoms with E-state index in [1.807, 2.05) is 12.1 Å². The Morgan fingerprint density at radius 3 is 2.41 bits per heavy atom. The Bertz CT molecular complexity index is 829. The van der Waals surface area contributed by atoms with Crippen LogP contribution in [0, 0.1) is 23.6 Å². The van der Waals surface area contributed by atoms with Gasteiger partial charge in [-0.3, -0.25) is 0 Å². The van der Waals surface area contributed by atoms with Crippen molar-refractivity contribution in [3.63, 3.8) is 0 Å². The van der Waals surface area contributed by atoms with Crippen molar-refractivity contribution in [3.8, 4) is 5.75 Å². The lowest BCUT2D eigenvalue weighted by Crippen LogP contribution is -2.29. The molecule has 0 aromatic heterocycles. The molecule has 0 radical (unpaired) electrons. The lowest BCUT2D eigenvalue weighted by atomic mass is 9.64. The van der Waals surface area contributed by atoms with Gasteiger partial charge in [0.05, 0.1) is 0 Å². The average molecular weight is 380 g/mol. The third-order valence-corrected chi connectivity index (χ3v) is 6.49. The summed E-state index contributed by atoms with van der Waals surface area (Å²) >= 11 is 0. The molecule has 2 aromatic rings. The zero-order valence-electron chi connectivity index (χ0n) is 15.4. The van der Waals surface area contributed by atoms with Crippen molar-refractivity contribution in [3.05, 3.63) is 41.7 Å². The van der Waals surface area contributed by atoms with Gasteiger partial charge in [-0.15, -0.1) is 13.2 Å². The molecule has 0 N–H and O–H groups in total. The fourth-order valence-electron chi connectivity index (χ4n) is 5.15. The molecule has 146 valence electrons. The van der Waals surface area contributed by atoms with Gasteiger partial charge in [-0.2, -0.15) is 0 Å². The molecule has 0 amide bonds. The standard InChI is InChI=1S/C22H24F4O/c1-13-2-3-15-9-16(5-4-14(15)8-13)17-6-7-18-12-21(27-22(24,25)26)20(23)11-19(18)10-17/h6-7,10-16H,2-5,8-9H2,1H3. The monoisotopic (exact) mass is 380 g/mol. The van der Waals surface area contributed by atoms with E-state index in [4.69, 9.17) is 0 Å². The number of halogens is 4. The summed E-state index contributed by atoms with van der Waals surface area (Å²) in [6, 6.07) is 7.97. The lowest BCUT2D eigenvalue weighted by Gasteiger charge is -2.41. The van der Waals surface area contributed by atoms with Gasteiger partial charge >= 0.3 is 6.36 Å². The normalized spacial score (nSPS) is 28.8. The maximum atomic E-state index is 14.1. The highest BCUT2D eigenvalue weighted by Gasteiger charge is 2.35. The first-order chi connectivity index (χ1) is 12.8. The first kappa shape index (κ1) is 18.6. The molecule has 0 spiro atoms. The van der Waals surface area contributed by atoms with Crippen LogP contribution in [0.25, 0.3) is 10.8 Å². The SMILES string of the molecule is CC1CCC2CC(c3ccc4cc(OC(F)(F)F)c(F)cc4c3)CCC2C1. The molecule has 2 aliphatic rings. The molecule has 0 heterocycles. The van der Waals surface area contributed by atoms with Crippen molar-refractivity contribution in [1.82, 2.24) is 0 Å². The molecule has 4 rings (SSSR count). The Labute approximate surface area is 156 Å². The second-order valence-corrected chi connectivity index (χ2v) is 8.39. The van der Waals surface area contributed by atoms with Gasteiger partial charge < -0.3 is 4.74 Å². The second kappa shape index (κ2) is 6.99. The van der Waals surface area contributed by atoms with Crippen LogP contribution in [0.1, 0.15) is 56.9 Å². The summed E-state index contributed by atoms with van der Waals surface area (Å²) in [6.07, 6.45) is 2.58. The highest BCUT2D eigenvalue weighted by atomic mass is 19.4. The first-order valence-corrected chi connectivity index (χ1v) is 9.77. The highest BCUT2D eigenvalue weighted by molar-refractivity contribution is 5.85. The fourth-order valence-corrected chi connectivity index (χ4v) is 5.15. The Kier molecular flexibility index (Phi) is 4.81. The Balaban J connectivity index is 1.56. The fraction of sp³-hybridized carbons (Fsp3) is 0.545. The van der Waals surface area contributed by atoms with E-state index in [9.17, 15) is 17.6 Å². The summed E-state index contributed by atoms with van der Waals surface area (Å²) < 4.78 is 55.0. The van der Waals surface area contributed by atoms with E-state index in [-0.39, 0.29) is 0 Å². The van der Waals surface area contributed by atoms with Gasteiger partial charge in [-0.25, -0.2) is 4.39 Å². The molecule has 2 saturated carbocycles. The molecule has 2 fully saturated rings. The minimum Gasteiger partial charge on any atom is -0.403 e. The van der Waals surface area contributed by atoms with E-state index >= 15 is 0 Å². The van der Waals surface area contributed by atoms with Crippen LogP contribution < -0.4 is 4.74 Å². The van der Waals surface area contributed by atoms with Crippen LogP contribution in [-0.2, 0) is 0 Å². The first-order valence-electron chi connectivity index (χ1n) is 9.77. The molecular formula is C22H24F4O. The van der Waals surface area contributed by atoms with Gasteiger partial charge in [-0.1, -0.05) is 31.5 Å². The minimum absolute atomic E-state index is 0.457. The molecule has 0 saturated heterocycles. The second-order valence-electron chi connectivity index (χ2n) is 8.39. The third kappa shape index (κ3) is 4.07. The van der Waals surface area contributed by atoms with Gasteiger partial charge in [0.25, 0.3) is 0 Å². The molecule has 2 aromatic carbocycles. The van der Waals surface area contributed by atoms with Crippen LogP contribution >= 0.6 is 0 Å². The number of hydrogen-bond donors (Lipinski definition) is 0. The molecule has 4 atom stereocenters. The number of ether oxygens (including phenoxy) is 1. The Morgan fingerprint density at radius 1 is 0.889 bits per heavy atom. The van der Waals surface area contributed by atoms with Crippen LogP contribution in [0.5, 0.6) is 5.75 Å². The minimum atomic E-state index is -4.90. The molecule has 2 aliphatic carbocycles. The van der Waals surface area contributed by atoms with E-state index in [0.717, 1.165) is 36.3 Å². The van der Waals surface area contributed by atoms with E-state index < -0.39 is 17.9 Å². The largest absolute Gasteiger partial charge is 0.573 e. The Morgan fingerprint density at radius 2 is 1.63 bits per heavy atom. The zero-order chi connectivity index (χ0) is 19.2. The van der Waals surface area contributed by atoms with E-state index in [1.54, 1.807) is 6.07 Å². The molecule has 27 heavy (non-hydrogen) atoms. The number of hydrogen-bond acceptors (Lipinski definition) is 1. The predicted octanol–water partition coefficient (Wildman–Crippen LogP) is 7.20. The van der Waals surface area contributed by atoms with E-state index in [1.165, 1.54) is 37.7 Å². The zero-order valence-corrected chi connectivity index (χ0v) is 15.4. The molecule has 1 nitrogen and oxygen atoms in total. The van der Waals surface area contributed by atoms with Crippen LogP contribution in [0.2, 0.25) is 0 Å². The van der Waals surface area contributed by atoms with Crippen molar-refractivity contribution < 1.29 is 22.3 Å². The van der Waals surface area contributed by atoms with Crippen molar-refractivity contribution in [1.29, 1.82) is 0 Å².